The fourth-order valence-corrected chi connectivity index (χ4v) is 2.48. The van der Waals surface area contributed by atoms with Crippen molar-refractivity contribution in [2.75, 3.05) is 12.3 Å². The molecule has 0 aliphatic heterocycles. The molecule has 1 aromatic rings. The predicted octanol–water partition coefficient (Wildman–Crippen LogP) is 3.45. The molecule has 0 atom stereocenters. The minimum atomic E-state index is -4.56. The molecule has 0 saturated heterocycles. The predicted molar refractivity (Wildman–Crippen MR) is 74.7 cm³/mol. The monoisotopic (exact) mass is 300 g/mol. The Morgan fingerprint density at radius 3 is 2.48 bits per heavy atom. The molecule has 116 valence electrons. The highest BCUT2D eigenvalue weighted by molar-refractivity contribution is 5.99. The van der Waals surface area contributed by atoms with E-state index >= 15 is 0 Å². The lowest BCUT2D eigenvalue weighted by molar-refractivity contribution is -0.136. The Labute approximate surface area is 121 Å². The first-order valence-electron chi connectivity index (χ1n) is 6.91. The second kappa shape index (κ2) is 5.24. The maximum absolute atomic E-state index is 12.8. The van der Waals surface area contributed by atoms with E-state index in [2.05, 4.69) is 19.2 Å². The number of carbonyl (C=O) groups is 1. The Hall–Kier alpha value is -1.72. The zero-order valence-corrected chi connectivity index (χ0v) is 12.1. The van der Waals surface area contributed by atoms with Gasteiger partial charge in [-0.15, -0.1) is 0 Å². The number of hydrogen-bond donors (Lipinski definition) is 2. The van der Waals surface area contributed by atoms with Gasteiger partial charge in [-0.05, 0) is 36.3 Å². The summed E-state index contributed by atoms with van der Waals surface area (Å²) in [7, 11) is 0. The van der Waals surface area contributed by atoms with Crippen LogP contribution >= 0.6 is 0 Å². The van der Waals surface area contributed by atoms with Gasteiger partial charge in [-0.3, -0.25) is 4.79 Å². The molecule has 21 heavy (non-hydrogen) atoms. The van der Waals surface area contributed by atoms with Gasteiger partial charge in [0.05, 0.1) is 16.8 Å². The summed E-state index contributed by atoms with van der Waals surface area (Å²) >= 11 is 0. The molecule has 0 spiro atoms. The number of anilines is 1. The molecule has 0 radical (unpaired) electrons. The van der Waals surface area contributed by atoms with Gasteiger partial charge in [-0.1, -0.05) is 19.9 Å². The molecule has 6 heteroatoms. The zero-order valence-electron chi connectivity index (χ0n) is 12.1. The largest absolute Gasteiger partial charge is 0.418 e. The van der Waals surface area contributed by atoms with Gasteiger partial charge in [0.2, 0.25) is 0 Å². The SMILES string of the molecule is CC(C)C1(CNC(=O)c2cccc(C(F)(F)F)c2N)CC1. The average molecular weight is 300 g/mol. The number of hydrogen-bond acceptors (Lipinski definition) is 2. The van der Waals surface area contributed by atoms with E-state index in [1.165, 1.54) is 12.1 Å². The third kappa shape index (κ3) is 3.14. The second-order valence-electron chi connectivity index (χ2n) is 5.96. The lowest BCUT2D eigenvalue weighted by Gasteiger charge is -2.20. The molecule has 0 aromatic heterocycles. The zero-order chi connectivity index (χ0) is 15.8. The Kier molecular flexibility index (Phi) is 3.91. The quantitative estimate of drug-likeness (QED) is 0.837. The van der Waals surface area contributed by atoms with Crippen molar-refractivity contribution >= 4 is 11.6 Å². The molecular formula is C15H19F3N2O. The molecule has 3 nitrogen and oxygen atoms in total. The molecule has 1 aromatic carbocycles. The van der Waals surface area contributed by atoms with Crippen LogP contribution in [0.2, 0.25) is 0 Å². The summed E-state index contributed by atoms with van der Waals surface area (Å²) in [5, 5.41) is 2.72. The van der Waals surface area contributed by atoms with Crippen molar-refractivity contribution in [3.05, 3.63) is 29.3 Å². The number of nitrogen functional groups attached to an aromatic ring is 1. The van der Waals surface area contributed by atoms with E-state index in [0.717, 1.165) is 18.9 Å². The van der Waals surface area contributed by atoms with Crippen molar-refractivity contribution in [3.63, 3.8) is 0 Å². The molecule has 1 aliphatic rings. The van der Waals surface area contributed by atoms with Gasteiger partial charge in [-0.25, -0.2) is 0 Å². The summed E-state index contributed by atoms with van der Waals surface area (Å²) in [6, 6.07) is 3.39. The van der Waals surface area contributed by atoms with Crippen LogP contribution < -0.4 is 11.1 Å². The van der Waals surface area contributed by atoms with Crippen molar-refractivity contribution in [3.8, 4) is 0 Å². The maximum atomic E-state index is 12.8. The third-order valence-electron chi connectivity index (χ3n) is 4.37. The number of nitrogens with two attached hydrogens (primary N) is 1. The molecule has 0 bridgehead atoms. The molecule has 1 saturated carbocycles. The fourth-order valence-electron chi connectivity index (χ4n) is 2.48. The summed E-state index contributed by atoms with van der Waals surface area (Å²) in [6.45, 7) is 4.63. The van der Waals surface area contributed by atoms with Crippen molar-refractivity contribution in [2.45, 2.75) is 32.9 Å². The van der Waals surface area contributed by atoms with Gasteiger partial charge >= 0.3 is 6.18 Å². The van der Waals surface area contributed by atoms with Crippen molar-refractivity contribution < 1.29 is 18.0 Å². The smallest absolute Gasteiger partial charge is 0.398 e. The minimum absolute atomic E-state index is 0.0893. The molecular weight excluding hydrogens is 281 g/mol. The number of benzene rings is 1. The van der Waals surface area contributed by atoms with E-state index < -0.39 is 23.3 Å². The van der Waals surface area contributed by atoms with Crippen LogP contribution in [0.1, 0.15) is 42.6 Å². The number of alkyl halides is 3. The summed E-state index contributed by atoms with van der Waals surface area (Å²) in [5.74, 6) is -0.123. The molecule has 2 rings (SSSR count). The van der Waals surface area contributed by atoms with E-state index in [-0.39, 0.29) is 11.0 Å². The lowest BCUT2D eigenvalue weighted by atomic mass is 9.92. The van der Waals surface area contributed by atoms with E-state index in [4.69, 9.17) is 5.73 Å². The average Bonchev–Trinajstić information content (AvgIpc) is 3.16. The highest BCUT2D eigenvalue weighted by atomic mass is 19.4. The van der Waals surface area contributed by atoms with E-state index in [9.17, 15) is 18.0 Å². The number of carbonyl (C=O) groups excluding carboxylic acids is 1. The first-order chi connectivity index (χ1) is 9.67. The van der Waals surface area contributed by atoms with Crippen LogP contribution in [0.15, 0.2) is 18.2 Å². The molecule has 1 fully saturated rings. The first-order valence-corrected chi connectivity index (χ1v) is 6.91. The van der Waals surface area contributed by atoms with Gasteiger partial charge in [-0.2, -0.15) is 13.2 Å². The van der Waals surface area contributed by atoms with Crippen molar-refractivity contribution in [1.29, 1.82) is 0 Å². The summed E-state index contributed by atoms with van der Waals surface area (Å²) in [6.07, 6.45) is -2.50. The van der Waals surface area contributed by atoms with E-state index in [1.807, 2.05) is 0 Å². The van der Waals surface area contributed by atoms with Crippen molar-refractivity contribution in [1.82, 2.24) is 5.32 Å². The Balaban J connectivity index is 2.13. The van der Waals surface area contributed by atoms with Gasteiger partial charge in [0.15, 0.2) is 0 Å². The lowest BCUT2D eigenvalue weighted by Crippen LogP contribution is -2.33. The Morgan fingerprint density at radius 1 is 1.38 bits per heavy atom. The molecule has 3 N–H and O–H groups in total. The summed E-state index contributed by atoms with van der Waals surface area (Å²) < 4.78 is 38.3. The van der Waals surface area contributed by atoms with Gasteiger partial charge in [0.1, 0.15) is 0 Å². The topological polar surface area (TPSA) is 55.1 Å². The molecule has 0 unspecified atom stereocenters. The van der Waals surface area contributed by atoms with Gasteiger partial charge in [0.25, 0.3) is 5.91 Å². The normalized spacial score (nSPS) is 16.9. The highest BCUT2D eigenvalue weighted by Gasteiger charge is 2.45. The van der Waals surface area contributed by atoms with Crippen molar-refractivity contribution in [2.24, 2.45) is 11.3 Å². The van der Waals surface area contributed by atoms with E-state index in [1.54, 1.807) is 0 Å². The third-order valence-corrected chi connectivity index (χ3v) is 4.37. The number of nitrogens with one attached hydrogen (secondary N) is 1. The highest BCUT2D eigenvalue weighted by Crippen LogP contribution is 2.51. The Morgan fingerprint density at radius 2 is 2.00 bits per heavy atom. The summed E-state index contributed by atoms with van der Waals surface area (Å²) in [5.41, 5.74) is 3.98. The van der Waals surface area contributed by atoms with Crippen LogP contribution in [0, 0.1) is 11.3 Å². The van der Waals surface area contributed by atoms with Crippen LogP contribution in [0.4, 0.5) is 18.9 Å². The van der Waals surface area contributed by atoms with E-state index in [0.29, 0.717) is 12.5 Å². The number of halogens is 3. The van der Waals surface area contributed by atoms with Crippen LogP contribution in [0.5, 0.6) is 0 Å². The second-order valence-corrected chi connectivity index (χ2v) is 5.96. The van der Waals surface area contributed by atoms with Crippen LogP contribution in [-0.4, -0.2) is 12.5 Å². The maximum Gasteiger partial charge on any atom is 0.418 e. The van der Waals surface area contributed by atoms with Crippen LogP contribution in [-0.2, 0) is 6.18 Å². The standard InChI is InChI=1S/C15H19F3N2O/c1-9(2)14(6-7-14)8-20-13(21)10-4-3-5-11(12(10)19)15(16,17)18/h3-5,9H,6-8,19H2,1-2H3,(H,20,21). The van der Waals surface area contributed by atoms with Gasteiger partial charge < -0.3 is 11.1 Å². The van der Waals surface area contributed by atoms with Gasteiger partial charge in [0, 0.05) is 6.54 Å². The molecule has 0 heterocycles. The number of rotatable bonds is 4. The van der Waals surface area contributed by atoms with Crippen LogP contribution in [0.3, 0.4) is 0 Å². The summed E-state index contributed by atoms with van der Waals surface area (Å²) in [4.78, 5) is 12.1. The number of amides is 1. The Bertz CT molecular complexity index is 548. The fraction of sp³-hybridized carbons (Fsp3) is 0.533. The molecule has 1 aliphatic carbocycles. The first kappa shape index (κ1) is 15.7. The van der Waals surface area contributed by atoms with Crippen LogP contribution in [0.25, 0.3) is 0 Å². The number of para-hydroxylation sites is 1. The molecule has 1 amide bonds. The minimum Gasteiger partial charge on any atom is -0.398 e.